The number of aromatic nitrogens is 6. The van der Waals surface area contributed by atoms with Crippen molar-refractivity contribution in [1.29, 1.82) is 15.8 Å². The molecular formula is C63H60N18O3. The van der Waals surface area contributed by atoms with Crippen LogP contribution in [0, 0.1) is 69.5 Å². The molecule has 21 nitrogen and oxygen atoms in total. The van der Waals surface area contributed by atoms with Gasteiger partial charge < -0.3 is 47.9 Å². The molecular weight excluding hydrogens is 1060 g/mol. The highest BCUT2D eigenvalue weighted by molar-refractivity contribution is 6.04. The molecule has 12 rings (SSSR count). The number of nitrogens with zero attached hydrogens (tertiary/aromatic N) is 12. The normalized spacial score (nSPS) is 17.8. The van der Waals surface area contributed by atoms with Gasteiger partial charge in [0.1, 0.15) is 17.5 Å². The molecule has 3 aliphatic carbocycles. The maximum Gasteiger partial charge on any atom is 0.230 e. The maximum atomic E-state index is 12.2. The number of nitrogen functional groups attached to an aromatic ring is 3. The average Bonchev–Trinajstić information content (AvgIpc) is 4.39. The van der Waals surface area contributed by atoms with Gasteiger partial charge >= 0.3 is 0 Å². The Hall–Kier alpha value is -11.0. The highest BCUT2D eigenvalue weighted by atomic mass is 16.2. The number of benzene rings is 3. The highest BCUT2D eigenvalue weighted by Crippen LogP contribution is 2.42. The SMILES string of the molecule is CN(C)c1ccncc1-c1cc(N)c2cnc(NC(=O)C3CC3C#N)cc2c1.CN(C)c1ccncc1-c1cc(N)c2cnc(NC(=O)[C@@H]3C[C@H]3C#N)cc2c1.CN(C)c1ccncc1-c1cc(N)c2cnc(NC(=O)[C@H]3C[C@@H]3C#N)cc2c1. The average molecular weight is 1120 g/mol. The predicted octanol–water partition coefficient (Wildman–Crippen LogP) is 9.13. The van der Waals surface area contributed by atoms with Crippen LogP contribution in [0.15, 0.2) is 129 Å². The molecule has 0 radical (unpaired) electrons. The summed E-state index contributed by atoms with van der Waals surface area (Å²) in [4.78, 5) is 68.4. The molecule has 2 unspecified atom stereocenters. The zero-order valence-electron chi connectivity index (χ0n) is 47.0. The maximum absolute atomic E-state index is 12.2. The van der Waals surface area contributed by atoms with Crippen molar-refractivity contribution in [3.8, 4) is 51.6 Å². The molecule has 84 heavy (non-hydrogen) atoms. The number of nitriles is 3. The number of rotatable bonds is 12. The molecule has 21 heteroatoms. The second-order valence-electron chi connectivity index (χ2n) is 21.6. The fourth-order valence-corrected chi connectivity index (χ4v) is 10.1. The highest BCUT2D eigenvalue weighted by Gasteiger charge is 2.45. The minimum atomic E-state index is -0.239. The van der Waals surface area contributed by atoms with E-state index in [1.54, 1.807) is 37.2 Å². The van der Waals surface area contributed by atoms with Crippen LogP contribution < -0.4 is 47.9 Å². The van der Waals surface area contributed by atoms with Gasteiger partial charge in [-0.05, 0) is 125 Å². The number of anilines is 9. The smallest absolute Gasteiger partial charge is 0.230 e. The summed E-state index contributed by atoms with van der Waals surface area (Å²) in [6.45, 7) is 0. The van der Waals surface area contributed by atoms with Crippen molar-refractivity contribution in [3.63, 3.8) is 0 Å². The van der Waals surface area contributed by atoms with Crippen molar-refractivity contribution in [3.05, 3.63) is 129 Å². The Bertz CT molecular complexity index is 3780. The third kappa shape index (κ3) is 12.2. The number of nitrogens with one attached hydrogen (secondary N) is 3. The number of carbonyl (C=O) groups is 3. The predicted molar refractivity (Wildman–Crippen MR) is 329 cm³/mol. The first-order valence-corrected chi connectivity index (χ1v) is 27.0. The van der Waals surface area contributed by atoms with Gasteiger partial charge in [0.25, 0.3) is 0 Å². The Kier molecular flexibility index (Phi) is 15.8. The lowest BCUT2D eigenvalue weighted by molar-refractivity contribution is -0.118. The Balaban J connectivity index is 0.000000140. The molecule has 6 aromatic heterocycles. The van der Waals surface area contributed by atoms with Gasteiger partial charge in [-0.3, -0.25) is 29.3 Å². The molecule has 3 aromatic carbocycles. The summed E-state index contributed by atoms with van der Waals surface area (Å²) in [5.74, 6) is -0.386. The van der Waals surface area contributed by atoms with Crippen LogP contribution in [0.2, 0.25) is 0 Å². The number of pyridine rings is 6. The third-order valence-electron chi connectivity index (χ3n) is 15.0. The summed E-state index contributed by atoms with van der Waals surface area (Å²) in [5.41, 5.74) is 29.5. The van der Waals surface area contributed by atoms with Gasteiger partial charge in [0.2, 0.25) is 17.7 Å². The van der Waals surface area contributed by atoms with Crippen LogP contribution in [0.5, 0.6) is 0 Å². The lowest BCUT2D eigenvalue weighted by atomic mass is 10.0. The summed E-state index contributed by atoms with van der Waals surface area (Å²) in [6.07, 6.45) is 17.5. The Morgan fingerprint density at radius 1 is 0.440 bits per heavy atom. The van der Waals surface area contributed by atoms with Crippen molar-refractivity contribution in [1.82, 2.24) is 29.9 Å². The molecule has 0 saturated heterocycles. The van der Waals surface area contributed by atoms with Gasteiger partial charge in [0, 0.05) is 165 Å². The first kappa shape index (κ1) is 56.3. The van der Waals surface area contributed by atoms with Crippen molar-refractivity contribution < 1.29 is 14.4 Å². The number of amides is 3. The van der Waals surface area contributed by atoms with Crippen molar-refractivity contribution in [2.24, 2.45) is 35.5 Å². The first-order chi connectivity index (χ1) is 40.4. The van der Waals surface area contributed by atoms with E-state index in [4.69, 9.17) is 33.0 Å². The second-order valence-corrected chi connectivity index (χ2v) is 21.6. The quantitative estimate of drug-likeness (QED) is 0.0621. The van der Waals surface area contributed by atoms with E-state index >= 15 is 0 Å². The molecule has 3 amide bonds. The van der Waals surface area contributed by atoms with E-state index in [1.165, 1.54) is 0 Å². The monoisotopic (exact) mass is 1120 g/mol. The van der Waals surface area contributed by atoms with E-state index < -0.39 is 0 Å². The van der Waals surface area contributed by atoms with Gasteiger partial charge in [0.05, 0.1) is 53.7 Å². The first-order valence-electron chi connectivity index (χ1n) is 27.0. The van der Waals surface area contributed by atoms with Gasteiger partial charge in [0.15, 0.2) is 0 Å². The molecule has 3 saturated carbocycles. The van der Waals surface area contributed by atoms with E-state index in [-0.39, 0.29) is 53.2 Å². The number of nitrogens with two attached hydrogens (primary N) is 3. The summed E-state index contributed by atoms with van der Waals surface area (Å²) in [7, 11) is 11.9. The number of hydrogen-bond donors (Lipinski definition) is 6. The van der Waals surface area contributed by atoms with E-state index in [1.807, 2.05) is 148 Å². The van der Waals surface area contributed by atoms with Crippen LogP contribution in [0.1, 0.15) is 19.3 Å². The summed E-state index contributed by atoms with van der Waals surface area (Å²) < 4.78 is 0. The van der Waals surface area contributed by atoms with Crippen LogP contribution >= 0.6 is 0 Å². The van der Waals surface area contributed by atoms with Crippen LogP contribution in [-0.4, -0.2) is 89.9 Å². The van der Waals surface area contributed by atoms with Crippen LogP contribution in [-0.2, 0) is 14.4 Å². The Morgan fingerprint density at radius 2 is 0.714 bits per heavy atom. The summed E-state index contributed by atoms with van der Waals surface area (Å²) in [5, 5.41) is 40.2. The molecule has 6 heterocycles. The van der Waals surface area contributed by atoms with Gasteiger partial charge in [-0.15, -0.1) is 0 Å². The van der Waals surface area contributed by atoms with Crippen molar-refractivity contribution >= 4 is 102 Å². The summed E-state index contributed by atoms with van der Waals surface area (Å²) >= 11 is 0. The Labute approximate surface area is 484 Å². The van der Waals surface area contributed by atoms with E-state index in [0.717, 1.165) is 82.8 Å². The lowest BCUT2D eigenvalue weighted by Gasteiger charge is -2.18. The zero-order chi connectivity index (χ0) is 59.5. The van der Waals surface area contributed by atoms with Gasteiger partial charge in [-0.1, -0.05) is 0 Å². The fourth-order valence-electron chi connectivity index (χ4n) is 10.1. The number of hydrogen-bond acceptors (Lipinski definition) is 18. The molecule has 0 spiro atoms. The second kappa shape index (κ2) is 23.6. The molecule has 3 aliphatic rings. The van der Waals surface area contributed by atoms with E-state index in [9.17, 15) is 14.4 Å². The van der Waals surface area contributed by atoms with Crippen LogP contribution in [0.4, 0.5) is 51.6 Å². The topological polar surface area (TPSA) is 324 Å². The van der Waals surface area contributed by atoms with Gasteiger partial charge in [-0.2, -0.15) is 15.8 Å². The molecule has 6 atom stereocenters. The van der Waals surface area contributed by atoms with Crippen LogP contribution in [0.3, 0.4) is 0 Å². The molecule has 3 fully saturated rings. The minimum absolute atomic E-state index is 0.162. The molecule has 9 aromatic rings. The van der Waals surface area contributed by atoms with Gasteiger partial charge in [-0.25, -0.2) is 15.0 Å². The van der Waals surface area contributed by atoms with E-state index in [2.05, 4.69) is 64.1 Å². The third-order valence-corrected chi connectivity index (χ3v) is 15.0. The standard InChI is InChI=1S/3C21H20N6O/c3*1-27(2)19-3-4-24-10-17(19)12-5-13-8-20(25-11-16(13)18(23)7-12)26-21(28)15-6-14(15)9-22/h3*3-5,7-8,10-11,14-15H,6,23H2,1-2H3,(H,25,26,28)/t2*14-,15+;/m10./s1. The molecule has 0 aliphatic heterocycles. The van der Waals surface area contributed by atoms with Crippen LogP contribution in [0.25, 0.3) is 65.7 Å². The summed E-state index contributed by atoms with van der Waals surface area (Å²) in [6, 6.07) is 29.4. The largest absolute Gasteiger partial charge is 0.398 e. The molecule has 9 N–H and O–H groups in total. The lowest BCUT2D eigenvalue weighted by Crippen LogP contribution is -2.15. The zero-order valence-corrected chi connectivity index (χ0v) is 47.0. The number of fused-ring (bicyclic) bond motifs is 3. The molecule has 0 bridgehead atoms. The van der Waals surface area contributed by atoms with Crippen molar-refractivity contribution in [2.75, 3.05) is 90.1 Å². The van der Waals surface area contributed by atoms with Crippen molar-refractivity contribution in [2.45, 2.75) is 19.3 Å². The minimum Gasteiger partial charge on any atom is -0.398 e. The number of carbonyl (C=O) groups excluding carboxylic acids is 3. The Morgan fingerprint density at radius 3 is 0.952 bits per heavy atom. The van der Waals surface area contributed by atoms with E-state index in [0.29, 0.717) is 53.8 Å². The molecule has 420 valence electrons. The fraction of sp³-hybridized carbons (Fsp3) is 0.238.